The minimum absolute atomic E-state index is 0.191. The van der Waals surface area contributed by atoms with Crippen molar-refractivity contribution in [2.24, 2.45) is 0 Å². The Kier molecular flexibility index (Phi) is 2.93. The smallest absolute Gasteiger partial charge is 0.215 e. The number of nitrogens with zero attached hydrogens (tertiary/aromatic N) is 1. The number of hydrogen-bond donors (Lipinski definition) is 2. The van der Waals surface area contributed by atoms with Gasteiger partial charge in [-0.1, -0.05) is 6.92 Å². The van der Waals surface area contributed by atoms with Crippen molar-refractivity contribution in [1.82, 2.24) is 10.2 Å². The Morgan fingerprint density at radius 2 is 2.15 bits per heavy atom. The van der Waals surface area contributed by atoms with Crippen molar-refractivity contribution in [3.05, 3.63) is 11.4 Å². The molecule has 2 N–H and O–H groups in total. The van der Waals surface area contributed by atoms with Crippen LogP contribution in [0.4, 0.5) is 0 Å². The van der Waals surface area contributed by atoms with Crippen LogP contribution in [-0.2, 0) is 4.79 Å². The molecule has 1 aliphatic carbocycles. The Labute approximate surface area is 78.2 Å². The van der Waals surface area contributed by atoms with E-state index in [9.17, 15) is 9.90 Å². The van der Waals surface area contributed by atoms with Crippen LogP contribution in [0.15, 0.2) is 11.4 Å². The minimum Gasteiger partial charge on any atom is -0.384 e. The zero-order valence-electron chi connectivity index (χ0n) is 8.29. The number of nitrogens with one attached hydrogen (secondary N) is 1. The van der Waals surface area contributed by atoms with E-state index in [0.29, 0.717) is 11.4 Å². The van der Waals surface area contributed by atoms with Gasteiger partial charge in [-0.25, -0.2) is 0 Å². The minimum atomic E-state index is -0.927. The van der Waals surface area contributed by atoms with E-state index in [-0.39, 0.29) is 5.78 Å². The number of aliphatic hydroxyl groups excluding tert-OH is 1. The molecule has 0 aromatic carbocycles. The zero-order chi connectivity index (χ0) is 10.0. The first kappa shape index (κ1) is 10.1. The van der Waals surface area contributed by atoms with Gasteiger partial charge in [-0.15, -0.1) is 0 Å². The normalized spacial score (nSPS) is 21.5. The maximum atomic E-state index is 11.2. The highest BCUT2D eigenvalue weighted by Crippen LogP contribution is 2.23. The molecule has 0 aliphatic heterocycles. The molecule has 4 nitrogen and oxygen atoms in total. The maximum Gasteiger partial charge on any atom is 0.215 e. The Balaban J connectivity index is 2.72. The van der Waals surface area contributed by atoms with Crippen molar-refractivity contribution in [2.45, 2.75) is 19.4 Å². The zero-order valence-corrected chi connectivity index (χ0v) is 8.29. The summed E-state index contributed by atoms with van der Waals surface area (Å²) in [5.74, 6) is -0.191. The number of carbonyl (C=O) groups is 1. The molecule has 0 bridgehead atoms. The molecule has 0 amide bonds. The fourth-order valence-corrected chi connectivity index (χ4v) is 1.35. The first-order valence-electron chi connectivity index (χ1n) is 4.47. The van der Waals surface area contributed by atoms with E-state index in [4.69, 9.17) is 0 Å². The SMILES string of the molecule is CCCNC1=C(N(C)C)C(=O)C1O. The summed E-state index contributed by atoms with van der Waals surface area (Å²) in [5, 5.41) is 12.4. The van der Waals surface area contributed by atoms with Crippen LogP contribution in [0.25, 0.3) is 0 Å². The standard InChI is InChI=1S/C9H16N2O2/c1-4-5-10-6-7(11(2)3)9(13)8(6)12/h8,10,12H,4-5H2,1-3H3. The van der Waals surface area contributed by atoms with Crippen molar-refractivity contribution in [3.63, 3.8) is 0 Å². The Morgan fingerprint density at radius 1 is 1.54 bits per heavy atom. The third-order valence-electron chi connectivity index (χ3n) is 2.02. The molecule has 74 valence electrons. The molecular formula is C9H16N2O2. The van der Waals surface area contributed by atoms with E-state index in [1.54, 1.807) is 19.0 Å². The fraction of sp³-hybridized carbons (Fsp3) is 0.667. The predicted octanol–water partition coefficient (Wildman–Crippen LogP) is -0.297. The first-order chi connectivity index (χ1) is 6.09. The number of carbonyl (C=O) groups excluding carboxylic acids is 1. The summed E-state index contributed by atoms with van der Waals surface area (Å²) in [6.07, 6.45) is 0.0504. The number of rotatable bonds is 4. The second kappa shape index (κ2) is 3.79. The highest BCUT2D eigenvalue weighted by atomic mass is 16.3. The van der Waals surface area contributed by atoms with Gasteiger partial charge in [0.15, 0.2) is 6.10 Å². The summed E-state index contributed by atoms with van der Waals surface area (Å²) in [5.41, 5.74) is 1.26. The second-order valence-electron chi connectivity index (χ2n) is 3.35. The van der Waals surface area contributed by atoms with Crippen molar-refractivity contribution in [2.75, 3.05) is 20.6 Å². The van der Waals surface area contributed by atoms with Gasteiger partial charge in [0.05, 0.1) is 5.70 Å². The lowest BCUT2D eigenvalue weighted by molar-refractivity contribution is -0.126. The number of hydrogen-bond acceptors (Lipinski definition) is 4. The topological polar surface area (TPSA) is 52.6 Å². The highest BCUT2D eigenvalue weighted by molar-refractivity contribution is 6.07. The average Bonchev–Trinajstić information content (AvgIpc) is 2.09. The summed E-state index contributed by atoms with van der Waals surface area (Å²) in [4.78, 5) is 12.9. The highest BCUT2D eigenvalue weighted by Gasteiger charge is 2.38. The van der Waals surface area contributed by atoms with Gasteiger partial charge in [0.25, 0.3) is 0 Å². The molecule has 0 heterocycles. The van der Waals surface area contributed by atoms with E-state index in [1.807, 2.05) is 6.92 Å². The average molecular weight is 184 g/mol. The van der Waals surface area contributed by atoms with Crippen LogP contribution >= 0.6 is 0 Å². The molecule has 4 heteroatoms. The fourth-order valence-electron chi connectivity index (χ4n) is 1.35. The van der Waals surface area contributed by atoms with E-state index < -0.39 is 6.10 Å². The number of ketones is 1. The van der Waals surface area contributed by atoms with Crippen LogP contribution in [0.3, 0.4) is 0 Å². The summed E-state index contributed by atoms with van der Waals surface area (Å²) >= 11 is 0. The third-order valence-corrected chi connectivity index (χ3v) is 2.02. The van der Waals surface area contributed by atoms with Crippen LogP contribution in [0.1, 0.15) is 13.3 Å². The molecule has 0 aromatic rings. The maximum absolute atomic E-state index is 11.2. The molecule has 0 saturated carbocycles. The molecule has 1 rings (SSSR count). The van der Waals surface area contributed by atoms with E-state index in [0.717, 1.165) is 13.0 Å². The number of Topliss-reactive ketones (excluding diaryl/α,β-unsaturated/α-hetero) is 1. The lowest BCUT2D eigenvalue weighted by Crippen LogP contribution is -2.47. The third kappa shape index (κ3) is 1.67. The van der Waals surface area contributed by atoms with Crippen LogP contribution in [0.2, 0.25) is 0 Å². The molecule has 0 spiro atoms. The summed E-state index contributed by atoms with van der Waals surface area (Å²) in [6, 6.07) is 0. The largest absolute Gasteiger partial charge is 0.384 e. The van der Waals surface area contributed by atoms with Gasteiger partial charge in [-0.3, -0.25) is 4.79 Å². The van der Waals surface area contributed by atoms with Crippen LogP contribution in [0, 0.1) is 0 Å². The molecule has 1 aliphatic rings. The van der Waals surface area contributed by atoms with Crippen molar-refractivity contribution in [3.8, 4) is 0 Å². The van der Waals surface area contributed by atoms with Crippen LogP contribution in [0.5, 0.6) is 0 Å². The monoisotopic (exact) mass is 184 g/mol. The summed E-state index contributed by atoms with van der Waals surface area (Å²) in [7, 11) is 3.60. The van der Waals surface area contributed by atoms with E-state index in [1.165, 1.54) is 0 Å². The Bertz CT molecular complexity index is 246. The van der Waals surface area contributed by atoms with Gasteiger partial charge in [0.1, 0.15) is 5.70 Å². The molecule has 0 fully saturated rings. The molecular weight excluding hydrogens is 168 g/mol. The molecule has 0 radical (unpaired) electrons. The van der Waals surface area contributed by atoms with Gasteiger partial charge < -0.3 is 15.3 Å². The Hall–Kier alpha value is -1.03. The lowest BCUT2D eigenvalue weighted by atomic mass is 9.94. The lowest BCUT2D eigenvalue weighted by Gasteiger charge is -2.32. The van der Waals surface area contributed by atoms with Gasteiger partial charge in [-0.2, -0.15) is 0 Å². The molecule has 1 atom stereocenters. The Morgan fingerprint density at radius 3 is 2.62 bits per heavy atom. The molecule has 13 heavy (non-hydrogen) atoms. The molecule has 0 saturated heterocycles. The first-order valence-corrected chi connectivity index (χ1v) is 4.47. The van der Waals surface area contributed by atoms with Gasteiger partial charge in [-0.05, 0) is 6.42 Å². The summed E-state index contributed by atoms with van der Waals surface area (Å²) in [6.45, 7) is 2.83. The molecule has 1 unspecified atom stereocenters. The van der Waals surface area contributed by atoms with Crippen molar-refractivity contribution >= 4 is 5.78 Å². The predicted molar refractivity (Wildman–Crippen MR) is 50.0 cm³/mol. The number of aliphatic hydroxyl groups is 1. The van der Waals surface area contributed by atoms with Crippen molar-refractivity contribution < 1.29 is 9.90 Å². The summed E-state index contributed by atoms with van der Waals surface area (Å²) < 4.78 is 0. The van der Waals surface area contributed by atoms with Crippen molar-refractivity contribution in [1.29, 1.82) is 0 Å². The van der Waals surface area contributed by atoms with Gasteiger partial charge in [0, 0.05) is 20.6 Å². The van der Waals surface area contributed by atoms with E-state index in [2.05, 4.69) is 5.32 Å². The van der Waals surface area contributed by atoms with E-state index >= 15 is 0 Å². The van der Waals surface area contributed by atoms with Gasteiger partial charge in [0.2, 0.25) is 5.78 Å². The quantitative estimate of drug-likeness (QED) is 0.630. The second-order valence-corrected chi connectivity index (χ2v) is 3.35. The molecule has 0 aromatic heterocycles. The number of likely N-dealkylation sites (N-methyl/N-ethyl adjacent to an activating group) is 1. The van der Waals surface area contributed by atoms with Crippen LogP contribution in [-0.4, -0.2) is 42.5 Å². The van der Waals surface area contributed by atoms with Gasteiger partial charge >= 0.3 is 0 Å². The van der Waals surface area contributed by atoms with Crippen LogP contribution < -0.4 is 5.32 Å².